The van der Waals surface area contributed by atoms with E-state index in [9.17, 15) is 9.18 Å². The molecule has 0 radical (unpaired) electrons. The molecule has 110 valence electrons. The van der Waals surface area contributed by atoms with E-state index in [-0.39, 0.29) is 17.7 Å². The first kappa shape index (κ1) is 15.0. The zero-order valence-electron chi connectivity index (χ0n) is 11.9. The summed E-state index contributed by atoms with van der Waals surface area (Å²) in [6.07, 6.45) is 0. The van der Waals surface area contributed by atoms with Crippen LogP contribution in [0.15, 0.2) is 42.5 Å². The number of hydrogen-bond donors (Lipinski definition) is 2. The second-order valence-corrected chi connectivity index (χ2v) is 4.76. The van der Waals surface area contributed by atoms with E-state index in [1.807, 2.05) is 0 Å². The van der Waals surface area contributed by atoms with E-state index in [1.165, 1.54) is 19.1 Å². The van der Waals surface area contributed by atoms with Crippen molar-refractivity contribution < 1.29 is 13.9 Å². The smallest absolute Gasteiger partial charge is 0.221 e. The Kier molecular flexibility index (Phi) is 4.55. The Bertz CT molecular complexity index is 656. The number of anilines is 1. The SMILES string of the molecule is CC(=O)Nc1ccccc1Oc1ccc([C@H](C)N)cc1F. The Hall–Kier alpha value is -2.40. The second-order valence-electron chi connectivity index (χ2n) is 4.76. The maximum Gasteiger partial charge on any atom is 0.221 e. The van der Waals surface area contributed by atoms with Crippen molar-refractivity contribution in [2.45, 2.75) is 19.9 Å². The highest BCUT2D eigenvalue weighted by atomic mass is 19.1. The van der Waals surface area contributed by atoms with Crippen LogP contribution in [0.2, 0.25) is 0 Å². The zero-order chi connectivity index (χ0) is 15.4. The van der Waals surface area contributed by atoms with E-state index in [1.54, 1.807) is 37.3 Å². The van der Waals surface area contributed by atoms with Crippen molar-refractivity contribution >= 4 is 11.6 Å². The molecule has 0 saturated heterocycles. The molecule has 2 aromatic carbocycles. The summed E-state index contributed by atoms with van der Waals surface area (Å²) in [6, 6.07) is 11.2. The third kappa shape index (κ3) is 3.79. The molecule has 0 aliphatic rings. The molecule has 4 nitrogen and oxygen atoms in total. The maximum absolute atomic E-state index is 14.0. The fourth-order valence-corrected chi connectivity index (χ4v) is 1.85. The standard InChI is InChI=1S/C16H17FN2O2/c1-10(18)12-7-8-15(13(17)9-12)21-16-6-4-3-5-14(16)19-11(2)20/h3-10H,18H2,1-2H3,(H,19,20)/t10-/m0/s1. The number of hydrogen-bond acceptors (Lipinski definition) is 3. The first-order chi connectivity index (χ1) is 9.97. The van der Waals surface area contributed by atoms with Crippen LogP contribution in [0, 0.1) is 5.82 Å². The summed E-state index contributed by atoms with van der Waals surface area (Å²) in [4.78, 5) is 11.1. The lowest BCUT2D eigenvalue weighted by Crippen LogP contribution is -2.07. The summed E-state index contributed by atoms with van der Waals surface area (Å²) >= 11 is 0. The van der Waals surface area contributed by atoms with Gasteiger partial charge in [0.05, 0.1) is 5.69 Å². The minimum atomic E-state index is -0.498. The van der Waals surface area contributed by atoms with Gasteiger partial charge in [-0.1, -0.05) is 18.2 Å². The Morgan fingerprint density at radius 3 is 2.57 bits per heavy atom. The second kappa shape index (κ2) is 6.37. The van der Waals surface area contributed by atoms with Crippen molar-refractivity contribution in [3.63, 3.8) is 0 Å². The lowest BCUT2D eigenvalue weighted by Gasteiger charge is -2.13. The van der Waals surface area contributed by atoms with E-state index >= 15 is 0 Å². The van der Waals surface area contributed by atoms with Crippen molar-refractivity contribution in [2.24, 2.45) is 5.73 Å². The molecule has 1 atom stereocenters. The third-order valence-corrected chi connectivity index (χ3v) is 2.90. The van der Waals surface area contributed by atoms with Crippen LogP contribution in [0.5, 0.6) is 11.5 Å². The first-order valence-corrected chi connectivity index (χ1v) is 6.57. The molecule has 2 rings (SSSR count). The average Bonchev–Trinajstić information content (AvgIpc) is 2.42. The third-order valence-electron chi connectivity index (χ3n) is 2.90. The van der Waals surface area contributed by atoms with E-state index in [0.717, 1.165) is 0 Å². The summed E-state index contributed by atoms with van der Waals surface area (Å²) in [7, 11) is 0. The van der Waals surface area contributed by atoms with Gasteiger partial charge in [-0.15, -0.1) is 0 Å². The Morgan fingerprint density at radius 2 is 1.95 bits per heavy atom. The number of benzene rings is 2. The molecule has 2 aromatic rings. The molecular formula is C16H17FN2O2. The summed E-state index contributed by atoms with van der Waals surface area (Å²) < 4.78 is 19.6. The molecule has 5 heteroatoms. The van der Waals surface area contributed by atoms with Crippen LogP contribution in [0.4, 0.5) is 10.1 Å². The zero-order valence-corrected chi connectivity index (χ0v) is 11.9. The molecule has 0 spiro atoms. The topological polar surface area (TPSA) is 64.3 Å². The highest BCUT2D eigenvalue weighted by Crippen LogP contribution is 2.31. The van der Waals surface area contributed by atoms with Crippen LogP contribution in [0.1, 0.15) is 25.5 Å². The van der Waals surface area contributed by atoms with Gasteiger partial charge in [-0.3, -0.25) is 4.79 Å². The van der Waals surface area contributed by atoms with Gasteiger partial charge in [0.25, 0.3) is 0 Å². The number of nitrogens with two attached hydrogens (primary N) is 1. The van der Waals surface area contributed by atoms with Gasteiger partial charge in [-0.05, 0) is 36.8 Å². The largest absolute Gasteiger partial charge is 0.452 e. The van der Waals surface area contributed by atoms with Crippen LogP contribution in [0.3, 0.4) is 0 Å². The molecule has 21 heavy (non-hydrogen) atoms. The van der Waals surface area contributed by atoms with Gasteiger partial charge >= 0.3 is 0 Å². The van der Waals surface area contributed by atoms with E-state index in [4.69, 9.17) is 10.5 Å². The van der Waals surface area contributed by atoms with Crippen LogP contribution >= 0.6 is 0 Å². The van der Waals surface area contributed by atoms with Crippen LogP contribution in [-0.4, -0.2) is 5.91 Å². The summed E-state index contributed by atoms with van der Waals surface area (Å²) in [6.45, 7) is 3.18. The van der Waals surface area contributed by atoms with Crippen molar-refractivity contribution in [3.8, 4) is 11.5 Å². The molecule has 0 bridgehead atoms. The summed E-state index contributed by atoms with van der Waals surface area (Å²) in [5, 5.41) is 2.64. The predicted octanol–water partition coefficient (Wildman–Crippen LogP) is 3.60. The van der Waals surface area contributed by atoms with Crippen LogP contribution in [0.25, 0.3) is 0 Å². The highest BCUT2D eigenvalue weighted by molar-refractivity contribution is 5.90. The number of para-hydroxylation sites is 2. The summed E-state index contributed by atoms with van der Waals surface area (Å²) in [5.74, 6) is -0.265. The number of halogens is 1. The van der Waals surface area contributed by atoms with Crippen LogP contribution < -0.4 is 15.8 Å². The molecule has 0 aromatic heterocycles. The molecular weight excluding hydrogens is 271 g/mol. The van der Waals surface area contributed by atoms with Crippen molar-refractivity contribution in [3.05, 3.63) is 53.8 Å². The van der Waals surface area contributed by atoms with Gasteiger partial charge in [0, 0.05) is 13.0 Å². The minimum Gasteiger partial charge on any atom is -0.452 e. The monoisotopic (exact) mass is 288 g/mol. The first-order valence-electron chi connectivity index (χ1n) is 6.57. The highest BCUT2D eigenvalue weighted by Gasteiger charge is 2.11. The van der Waals surface area contributed by atoms with Gasteiger partial charge in [0.1, 0.15) is 0 Å². The quantitative estimate of drug-likeness (QED) is 0.903. The normalized spacial score (nSPS) is 11.8. The van der Waals surface area contributed by atoms with E-state index in [2.05, 4.69) is 5.32 Å². The number of carbonyl (C=O) groups excluding carboxylic acids is 1. The van der Waals surface area contributed by atoms with Crippen LogP contribution in [-0.2, 0) is 4.79 Å². The fraction of sp³-hybridized carbons (Fsp3) is 0.188. The van der Waals surface area contributed by atoms with E-state index < -0.39 is 5.82 Å². The molecule has 0 unspecified atom stereocenters. The van der Waals surface area contributed by atoms with Gasteiger partial charge in [-0.2, -0.15) is 0 Å². The maximum atomic E-state index is 14.0. The van der Waals surface area contributed by atoms with Crippen molar-refractivity contribution in [1.82, 2.24) is 0 Å². The molecule has 0 heterocycles. The fourth-order valence-electron chi connectivity index (χ4n) is 1.85. The Labute approximate surface area is 122 Å². The average molecular weight is 288 g/mol. The Morgan fingerprint density at radius 1 is 1.24 bits per heavy atom. The number of carbonyl (C=O) groups is 1. The number of rotatable bonds is 4. The molecule has 3 N–H and O–H groups in total. The van der Waals surface area contributed by atoms with Crippen molar-refractivity contribution in [1.29, 1.82) is 0 Å². The molecule has 0 fully saturated rings. The molecule has 0 aliphatic carbocycles. The number of amides is 1. The molecule has 0 aliphatic heterocycles. The van der Waals surface area contributed by atoms with Gasteiger partial charge in [-0.25, -0.2) is 4.39 Å². The molecule has 1 amide bonds. The molecule has 0 saturated carbocycles. The van der Waals surface area contributed by atoms with E-state index in [0.29, 0.717) is 17.0 Å². The number of nitrogens with one attached hydrogen (secondary N) is 1. The van der Waals surface area contributed by atoms with Crippen molar-refractivity contribution in [2.75, 3.05) is 5.32 Å². The Balaban J connectivity index is 2.28. The lowest BCUT2D eigenvalue weighted by molar-refractivity contribution is -0.114. The minimum absolute atomic E-state index is 0.0807. The predicted molar refractivity (Wildman–Crippen MR) is 79.8 cm³/mol. The lowest BCUT2D eigenvalue weighted by atomic mass is 10.1. The van der Waals surface area contributed by atoms with Gasteiger partial charge < -0.3 is 15.8 Å². The van der Waals surface area contributed by atoms with Gasteiger partial charge in [0.15, 0.2) is 17.3 Å². The van der Waals surface area contributed by atoms with Gasteiger partial charge in [0.2, 0.25) is 5.91 Å². The number of ether oxygens (including phenoxy) is 1. The summed E-state index contributed by atoms with van der Waals surface area (Å²) in [5.41, 5.74) is 6.89.